The van der Waals surface area contributed by atoms with E-state index in [1.165, 1.54) is 18.2 Å². The molecule has 5 rings (SSSR count). The molecule has 1 aliphatic carbocycles. The van der Waals surface area contributed by atoms with E-state index in [0.29, 0.717) is 4.31 Å². The van der Waals surface area contributed by atoms with Gasteiger partial charge in [0.15, 0.2) is 5.60 Å². The molecule has 0 saturated carbocycles. The van der Waals surface area contributed by atoms with Gasteiger partial charge in [-0.05, 0) is 32.1 Å². The van der Waals surface area contributed by atoms with Gasteiger partial charge in [-0.2, -0.15) is 0 Å². The van der Waals surface area contributed by atoms with Crippen molar-refractivity contribution in [3.05, 3.63) is 42.0 Å². The van der Waals surface area contributed by atoms with E-state index in [4.69, 9.17) is 0 Å². The molecule has 3 heterocycles. The lowest BCUT2D eigenvalue weighted by molar-refractivity contribution is -0.165. The first-order valence-corrected chi connectivity index (χ1v) is 10.0. The molecule has 2 bridgehead atoms. The van der Waals surface area contributed by atoms with Gasteiger partial charge in [0.25, 0.3) is 15.9 Å². The Morgan fingerprint density at radius 2 is 1.74 bits per heavy atom. The monoisotopic (exact) mass is 390 g/mol. The SMILES string of the molecule is CCN1C(=O)[C@H]2[C@H]3C=C[C@](O)(C(=O)N3S(=O)(=O)c3ccc(C)cc3)[C@H]2C1=O. The zero-order valence-electron chi connectivity index (χ0n) is 14.7. The zero-order valence-corrected chi connectivity index (χ0v) is 15.5. The Kier molecular flexibility index (Phi) is 3.64. The van der Waals surface area contributed by atoms with Gasteiger partial charge in [-0.3, -0.25) is 19.3 Å². The largest absolute Gasteiger partial charge is 0.375 e. The molecule has 1 aromatic rings. The fourth-order valence-corrected chi connectivity index (χ4v) is 5.77. The number of carbonyl (C=O) groups excluding carboxylic acids is 3. The maximum atomic E-state index is 13.1. The van der Waals surface area contributed by atoms with Crippen molar-refractivity contribution in [1.82, 2.24) is 9.21 Å². The van der Waals surface area contributed by atoms with Gasteiger partial charge < -0.3 is 5.11 Å². The van der Waals surface area contributed by atoms with Crippen LogP contribution in [0.2, 0.25) is 0 Å². The number of fused-ring (bicyclic) bond motifs is 1. The van der Waals surface area contributed by atoms with E-state index >= 15 is 0 Å². The number of likely N-dealkylation sites (tertiary alicyclic amines) is 1. The Morgan fingerprint density at radius 3 is 2.33 bits per heavy atom. The third kappa shape index (κ3) is 2.12. The van der Waals surface area contributed by atoms with E-state index < -0.39 is 51.2 Å². The zero-order chi connectivity index (χ0) is 19.7. The van der Waals surface area contributed by atoms with E-state index in [1.807, 2.05) is 0 Å². The molecule has 1 aromatic carbocycles. The summed E-state index contributed by atoms with van der Waals surface area (Å²) in [5, 5.41) is 10.9. The number of aliphatic hydroxyl groups is 1. The predicted molar refractivity (Wildman–Crippen MR) is 92.5 cm³/mol. The predicted octanol–water partition coefficient (Wildman–Crippen LogP) is -0.183. The second-order valence-corrected chi connectivity index (χ2v) is 8.83. The molecule has 4 atom stereocenters. The van der Waals surface area contributed by atoms with Crippen molar-refractivity contribution < 1.29 is 27.9 Å². The molecule has 4 aliphatic rings. The number of piperidine rings is 1. The van der Waals surface area contributed by atoms with Gasteiger partial charge in [-0.15, -0.1) is 0 Å². The smallest absolute Gasteiger partial charge is 0.273 e. The summed E-state index contributed by atoms with van der Waals surface area (Å²) in [6.07, 6.45) is 2.48. The molecule has 3 aliphatic heterocycles. The van der Waals surface area contributed by atoms with E-state index in [0.717, 1.165) is 16.5 Å². The van der Waals surface area contributed by atoms with Gasteiger partial charge >= 0.3 is 0 Å². The Bertz CT molecular complexity index is 999. The summed E-state index contributed by atoms with van der Waals surface area (Å²) >= 11 is 0. The molecule has 2 fully saturated rings. The van der Waals surface area contributed by atoms with Gasteiger partial charge in [-0.25, -0.2) is 12.7 Å². The van der Waals surface area contributed by atoms with Crippen LogP contribution in [-0.4, -0.2) is 58.6 Å². The lowest BCUT2D eigenvalue weighted by atomic mass is 9.68. The van der Waals surface area contributed by atoms with E-state index in [1.54, 1.807) is 26.0 Å². The fourth-order valence-electron chi connectivity index (χ4n) is 4.17. The molecule has 0 aromatic heterocycles. The Labute approximate surface area is 156 Å². The van der Waals surface area contributed by atoms with Crippen LogP contribution in [0.3, 0.4) is 0 Å². The molecule has 0 spiro atoms. The highest BCUT2D eigenvalue weighted by Gasteiger charge is 2.70. The van der Waals surface area contributed by atoms with Crippen LogP contribution >= 0.6 is 0 Å². The van der Waals surface area contributed by atoms with Crippen molar-refractivity contribution in [2.45, 2.75) is 30.4 Å². The Hall–Kier alpha value is -2.52. The molecule has 1 N–H and O–H groups in total. The first kappa shape index (κ1) is 17.9. The van der Waals surface area contributed by atoms with Crippen LogP contribution in [-0.2, 0) is 24.4 Å². The highest BCUT2D eigenvalue weighted by atomic mass is 32.2. The van der Waals surface area contributed by atoms with Gasteiger partial charge in [0.05, 0.1) is 22.8 Å². The molecule has 0 unspecified atom stereocenters. The summed E-state index contributed by atoms with van der Waals surface area (Å²) in [5.41, 5.74) is -1.51. The fraction of sp³-hybridized carbons (Fsp3) is 0.389. The van der Waals surface area contributed by atoms with Gasteiger partial charge in [0.2, 0.25) is 11.8 Å². The number of sulfonamides is 1. The normalized spacial score (nSPS) is 32.4. The second kappa shape index (κ2) is 5.49. The molecule has 27 heavy (non-hydrogen) atoms. The summed E-state index contributed by atoms with van der Waals surface area (Å²) in [5.74, 6) is -4.74. The minimum atomic E-state index is -4.31. The maximum absolute atomic E-state index is 13.1. The highest BCUT2D eigenvalue weighted by molar-refractivity contribution is 7.89. The van der Waals surface area contributed by atoms with Crippen LogP contribution < -0.4 is 0 Å². The molecule has 2 saturated heterocycles. The third-order valence-corrected chi connectivity index (χ3v) is 7.33. The lowest BCUT2D eigenvalue weighted by Gasteiger charge is -2.48. The van der Waals surface area contributed by atoms with Crippen LogP contribution in [0.25, 0.3) is 0 Å². The first-order chi connectivity index (χ1) is 12.6. The number of carbonyl (C=O) groups is 3. The van der Waals surface area contributed by atoms with Gasteiger partial charge in [0.1, 0.15) is 0 Å². The van der Waals surface area contributed by atoms with E-state index in [2.05, 4.69) is 0 Å². The molecule has 0 radical (unpaired) electrons. The number of rotatable bonds is 3. The number of nitrogens with zero attached hydrogens (tertiary/aromatic N) is 2. The molecular weight excluding hydrogens is 372 g/mol. The molecule has 8 nitrogen and oxygen atoms in total. The van der Waals surface area contributed by atoms with Crippen molar-refractivity contribution in [2.75, 3.05) is 6.54 Å². The minimum Gasteiger partial charge on any atom is -0.375 e. The molecule has 9 heteroatoms. The van der Waals surface area contributed by atoms with Crippen molar-refractivity contribution in [2.24, 2.45) is 11.8 Å². The Morgan fingerprint density at radius 1 is 1.11 bits per heavy atom. The van der Waals surface area contributed by atoms with Crippen LogP contribution in [0.5, 0.6) is 0 Å². The van der Waals surface area contributed by atoms with Crippen LogP contribution in [0.15, 0.2) is 41.3 Å². The van der Waals surface area contributed by atoms with Crippen LogP contribution in [0.4, 0.5) is 0 Å². The lowest BCUT2D eigenvalue weighted by Crippen LogP contribution is -2.69. The number of imide groups is 1. The number of hydrogen-bond donors (Lipinski definition) is 1. The van der Waals surface area contributed by atoms with Crippen molar-refractivity contribution in [3.63, 3.8) is 0 Å². The molecular formula is C18H18N2O6S. The summed E-state index contributed by atoms with van der Waals surface area (Å²) in [7, 11) is -4.31. The Balaban J connectivity index is 1.86. The van der Waals surface area contributed by atoms with Gasteiger partial charge in [-0.1, -0.05) is 23.8 Å². The first-order valence-electron chi connectivity index (χ1n) is 8.57. The van der Waals surface area contributed by atoms with Crippen molar-refractivity contribution in [1.29, 1.82) is 0 Å². The van der Waals surface area contributed by atoms with Gasteiger partial charge in [0, 0.05) is 6.54 Å². The maximum Gasteiger partial charge on any atom is 0.273 e. The van der Waals surface area contributed by atoms with E-state index in [-0.39, 0.29) is 11.4 Å². The molecule has 142 valence electrons. The van der Waals surface area contributed by atoms with Crippen molar-refractivity contribution in [3.8, 4) is 0 Å². The van der Waals surface area contributed by atoms with Crippen molar-refractivity contribution >= 4 is 27.7 Å². The number of hydrogen-bond acceptors (Lipinski definition) is 6. The third-order valence-electron chi connectivity index (χ3n) is 5.54. The number of amides is 3. The average Bonchev–Trinajstić information content (AvgIpc) is 2.89. The van der Waals surface area contributed by atoms with Crippen LogP contribution in [0.1, 0.15) is 12.5 Å². The van der Waals surface area contributed by atoms with Crippen LogP contribution in [0, 0.1) is 18.8 Å². The van der Waals surface area contributed by atoms with E-state index in [9.17, 15) is 27.9 Å². The number of benzene rings is 1. The summed E-state index contributed by atoms with van der Waals surface area (Å²) in [4.78, 5) is 39.1. The average molecular weight is 390 g/mol. The summed E-state index contributed by atoms with van der Waals surface area (Å²) in [6.45, 7) is 3.49. The topological polar surface area (TPSA) is 112 Å². The highest BCUT2D eigenvalue weighted by Crippen LogP contribution is 2.49. The second-order valence-electron chi connectivity index (χ2n) is 7.02. The quantitative estimate of drug-likeness (QED) is 0.566. The standard InChI is InChI=1S/C18H18N2O6S/c1-3-19-15(21)13-12-8-9-18(24,14(13)16(19)22)17(23)20(12)27(25,26)11-6-4-10(2)5-7-11/h4-9,12-14,24H,3H2,1-2H3/t12-,13+,14-,18-/m1/s1. The summed E-state index contributed by atoms with van der Waals surface area (Å²) in [6, 6.07) is 4.78. The number of aryl methyl sites for hydroxylation is 1. The minimum absolute atomic E-state index is 0.0897. The molecule has 3 amide bonds. The summed E-state index contributed by atoms with van der Waals surface area (Å²) < 4.78 is 26.8.